The first-order valence-corrected chi connectivity index (χ1v) is 5.98. The van der Waals surface area contributed by atoms with Gasteiger partial charge in [-0.1, -0.05) is 30.7 Å². The Morgan fingerprint density at radius 3 is 2.88 bits per heavy atom. The Labute approximate surface area is 107 Å². The minimum absolute atomic E-state index is 0.166. The number of halogens is 1. The van der Waals surface area contributed by atoms with Gasteiger partial charge in [-0.3, -0.25) is 4.98 Å². The lowest BCUT2D eigenvalue weighted by atomic mass is 10.1. The summed E-state index contributed by atoms with van der Waals surface area (Å²) in [7, 11) is 0. The minimum Gasteiger partial charge on any atom is -0.393 e. The molecule has 0 saturated heterocycles. The highest BCUT2D eigenvalue weighted by atomic mass is 35.5. The van der Waals surface area contributed by atoms with Crippen LogP contribution in [-0.2, 0) is 0 Å². The molecular weight excluding hydrogens is 242 g/mol. The number of nitrogens with zero attached hydrogens (tertiary/aromatic N) is 2. The Balaban J connectivity index is 2.83. The second kappa shape index (κ2) is 6.01. The van der Waals surface area contributed by atoms with Crippen LogP contribution in [0.15, 0.2) is 18.5 Å². The normalized spacial score (nSPS) is 12.2. The molecule has 1 aromatic rings. The van der Waals surface area contributed by atoms with Crippen LogP contribution in [-0.4, -0.2) is 23.1 Å². The molecule has 0 aliphatic rings. The summed E-state index contributed by atoms with van der Waals surface area (Å²) >= 11 is 11.1. The Hall–Kier alpha value is -0.870. The maximum Gasteiger partial charge on any atom is 0.0822 e. The summed E-state index contributed by atoms with van der Waals surface area (Å²) in [6, 6.07) is 1.90. The predicted molar refractivity (Wildman–Crippen MR) is 73.1 cm³/mol. The molecule has 0 radical (unpaired) electrons. The molecule has 0 amide bonds. The summed E-state index contributed by atoms with van der Waals surface area (Å²) in [6.45, 7) is 5.72. The van der Waals surface area contributed by atoms with Crippen LogP contribution in [0.25, 0.3) is 0 Å². The van der Waals surface area contributed by atoms with E-state index in [0.717, 1.165) is 18.8 Å². The van der Waals surface area contributed by atoms with E-state index in [1.54, 1.807) is 12.4 Å². The van der Waals surface area contributed by atoms with Crippen molar-refractivity contribution in [1.29, 1.82) is 0 Å². The standard InChI is InChI=1S/C11H16ClN3S/c1-3-15(7-8(2)11(13)16)10-4-5-14-6-9(10)12/h4-6,8H,3,7H2,1-2H3,(H2,13,16). The first kappa shape index (κ1) is 13.2. The number of hydrogen-bond donors (Lipinski definition) is 1. The maximum absolute atomic E-state index is 6.09. The van der Waals surface area contributed by atoms with Crippen LogP contribution in [0, 0.1) is 5.92 Å². The molecule has 1 unspecified atom stereocenters. The van der Waals surface area contributed by atoms with Gasteiger partial charge in [-0.15, -0.1) is 0 Å². The zero-order valence-electron chi connectivity index (χ0n) is 9.48. The van der Waals surface area contributed by atoms with E-state index in [-0.39, 0.29) is 5.92 Å². The number of aromatic nitrogens is 1. The fraction of sp³-hybridized carbons (Fsp3) is 0.455. The van der Waals surface area contributed by atoms with E-state index in [0.29, 0.717) is 10.0 Å². The molecule has 0 aliphatic carbocycles. The van der Waals surface area contributed by atoms with E-state index >= 15 is 0 Å². The van der Waals surface area contributed by atoms with Crippen molar-refractivity contribution in [3.63, 3.8) is 0 Å². The second-order valence-corrected chi connectivity index (χ2v) is 4.55. The van der Waals surface area contributed by atoms with Gasteiger partial charge in [0.15, 0.2) is 0 Å². The van der Waals surface area contributed by atoms with Crippen molar-refractivity contribution in [2.75, 3.05) is 18.0 Å². The van der Waals surface area contributed by atoms with Crippen LogP contribution in [0.4, 0.5) is 5.69 Å². The highest BCUT2D eigenvalue weighted by Gasteiger charge is 2.13. The average molecular weight is 258 g/mol. The molecule has 0 saturated carbocycles. The minimum atomic E-state index is 0.166. The van der Waals surface area contributed by atoms with Gasteiger partial charge in [0.25, 0.3) is 0 Å². The molecule has 1 aromatic heterocycles. The van der Waals surface area contributed by atoms with Gasteiger partial charge >= 0.3 is 0 Å². The van der Waals surface area contributed by atoms with E-state index in [2.05, 4.69) is 16.8 Å². The van der Waals surface area contributed by atoms with Gasteiger partial charge in [0.05, 0.1) is 15.7 Å². The second-order valence-electron chi connectivity index (χ2n) is 3.67. The fourth-order valence-corrected chi connectivity index (χ4v) is 1.76. The van der Waals surface area contributed by atoms with Crippen molar-refractivity contribution in [1.82, 2.24) is 4.98 Å². The molecular formula is C11H16ClN3S. The number of hydrogen-bond acceptors (Lipinski definition) is 3. The summed E-state index contributed by atoms with van der Waals surface area (Å²) in [4.78, 5) is 6.64. The van der Waals surface area contributed by atoms with E-state index in [1.807, 2.05) is 13.0 Å². The highest BCUT2D eigenvalue weighted by Crippen LogP contribution is 2.24. The van der Waals surface area contributed by atoms with Crippen molar-refractivity contribution >= 4 is 34.5 Å². The van der Waals surface area contributed by atoms with Crippen LogP contribution in [0.2, 0.25) is 5.02 Å². The Kier molecular flexibility index (Phi) is 4.96. The Bertz CT molecular complexity index is 370. The zero-order valence-corrected chi connectivity index (χ0v) is 11.1. The smallest absolute Gasteiger partial charge is 0.0822 e. The van der Waals surface area contributed by atoms with Gasteiger partial charge in [0.1, 0.15) is 0 Å². The third-order valence-electron chi connectivity index (χ3n) is 2.45. The van der Waals surface area contributed by atoms with Gasteiger partial charge in [0, 0.05) is 31.4 Å². The predicted octanol–water partition coefficient (Wildman–Crippen LogP) is 2.48. The third kappa shape index (κ3) is 3.32. The SMILES string of the molecule is CCN(CC(C)C(N)=S)c1ccncc1Cl. The number of rotatable bonds is 5. The molecule has 3 nitrogen and oxygen atoms in total. The van der Waals surface area contributed by atoms with Gasteiger partial charge in [-0.05, 0) is 13.0 Å². The van der Waals surface area contributed by atoms with E-state index < -0.39 is 0 Å². The lowest BCUT2D eigenvalue weighted by molar-refractivity contribution is 0.707. The molecule has 88 valence electrons. The number of thiocarbonyl (C=S) groups is 1. The highest BCUT2D eigenvalue weighted by molar-refractivity contribution is 7.80. The average Bonchev–Trinajstić information content (AvgIpc) is 2.26. The molecule has 1 rings (SSSR count). The van der Waals surface area contributed by atoms with Crippen molar-refractivity contribution < 1.29 is 0 Å². The lowest BCUT2D eigenvalue weighted by Gasteiger charge is -2.26. The van der Waals surface area contributed by atoms with Crippen LogP contribution in [0.3, 0.4) is 0 Å². The number of anilines is 1. The van der Waals surface area contributed by atoms with Crippen LogP contribution >= 0.6 is 23.8 Å². The molecule has 0 spiro atoms. The topological polar surface area (TPSA) is 42.1 Å². The van der Waals surface area contributed by atoms with Gasteiger partial charge in [-0.2, -0.15) is 0 Å². The Morgan fingerprint density at radius 1 is 1.69 bits per heavy atom. The first-order chi connectivity index (χ1) is 7.56. The van der Waals surface area contributed by atoms with Crippen LogP contribution in [0.5, 0.6) is 0 Å². The van der Waals surface area contributed by atoms with Gasteiger partial charge < -0.3 is 10.6 Å². The fourth-order valence-electron chi connectivity index (χ4n) is 1.44. The molecule has 16 heavy (non-hydrogen) atoms. The lowest BCUT2D eigenvalue weighted by Crippen LogP contribution is -2.34. The molecule has 5 heteroatoms. The summed E-state index contributed by atoms with van der Waals surface area (Å²) in [5.74, 6) is 0.166. The molecule has 0 bridgehead atoms. The van der Waals surface area contributed by atoms with Gasteiger partial charge in [-0.25, -0.2) is 0 Å². The van der Waals surface area contributed by atoms with E-state index in [9.17, 15) is 0 Å². The summed E-state index contributed by atoms with van der Waals surface area (Å²) in [5.41, 5.74) is 6.59. The largest absolute Gasteiger partial charge is 0.393 e. The summed E-state index contributed by atoms with van der Waals surface area (Å²) in [6.07, 6.45) is 3.38. The van der Waals surface area contributed by atoms with Gasteiger partial charge in [0.2, 0.25) is 0 Å². The molecule has 2 N–H and O–H groups in total. The van der Waals surface area contributed by atoms with Crippen molar-refractivity contribution in [2.45, 2.75) is 13.8 Å². The summed E-state index contributed by atoms with van der Waals surface area (Å²) in [5, 5.41) is 0.652. The first-order valence-electron chi connectivity index (χ1n) is 5.20. The third-order valence-corrected chi connectivity index (χ3v) is 3.15. The molecule has 1 heterocycles. The maximum atomic E-state index is 6.09. The number of pyridine rings is 1. The number of nitrogens with two attached hydrogens (primary N) is 1. The Morgan fingerprint density at radius 2 is 2.38 bits per heavy atom. The monoisotopic (exact) mass is 257 g/mol. The van der Waals surface area contributed by atoms with Crippen molar-refractivity contribution in [3.05, 3.63) is 23.5 Å². The molecule has 0 aromatic carbocycles. The van der Waals surface area contributed by atoms with Crippen LogP contribution in [0.1, 0.15) is 13.8 Å². The summed E-state index contributed by atoms with van der Waals surface area (Å²) < 4.78 is 0. The quantitative estimate of drug-likeness (QED) is 0.823. The molecule has 1 atom stereocenters. The van der Waals surface area contributed by atoms with Crippen molar-refractivity contribution in [3.8, 4) is 0 Å². The van der Waals surface area contributed by atoms with Crippen LogP contribution < -0.4 is 10.6 Å². The van der Waals surface area contributed by atoms with Crippen molar-refractivity contribution in [2.24, 2.45) is 11.7 Å². The zero-order chi connectivity index (χ0) is 12.1. The van der Waals surface area contributed by atoms with E-state index in [4.69, 9.17) is 29.6 Å². The molecule has 0 aliphatic heterocycles. The molecule has 0 fully saturated rings. The van der Waals surface area contributed by atoms with E-state index in [1.165, 1.54) is 0 Å².